The minimum Gasteiger partial charge on any atom is -0.334 e. The first-order valence-electron chi connectivity index (χ1n) is 9.71. The zero-order valence-corrected chi connectivity index (χ0v) is 16.2. The maximum absolute atomic E-state index is 13.2. The minimum atomic E-state index is -0.266. The molecule has 5 heteroatoms. The maximum Gasteiger partial charge on any atom is 0.227 e. The summed E-state index contributed by atoms with van der Waals surface area (Å²) < 4.78 is 13.2. The van der Waals surface area contributed by atoms with Gasteiger partial charge in [0.2, 0.25) is 5.91 Å². The summed E-state index contributed by atoms with van der Waals surface area (Å²) in [7, 11) is 0. The molecule has 0 atom stereocenters. The van der Waals surface area contributed by atoms with Crippen LogP contribution in [0.3, 0.4) is 0 Å². The number of rotatable bonds is 3. The molecule has 4 nitrogen and oxygen atoms in total. The lowest BCUT2D eigenvalue weighted by Gasteiger charge is -2.29. The van der Waals surface area contributed by atoms with Gasteiger partial charge >= 0.3 is 0 Å². The van der Waals surface area contributed by atoms with Gasteiger partial charge in [-0.2, -0.15) is 0 Å². The van der Waals surface area contributed by atoms with Gasteiger partial charge in [-0.15, -0.1) is 0 Å². The molecule has 0 unspecified atom stereocenters. The Morgan fingerprint density at radius 3 is 2.66 bits per heavy atom. The van der Waals surface area contributed by atoms with Crippen LogP contribution in [0, 0.1) is 12.7 Å². The predicted molar refractivity (Wildman–Crippen MR) is 109 cm³/mol. The summed E-state index contributed by atoms with van der Waals surface area (Å²) in [6.45, 7) is 3.67. The molecule has 0 aliphatic carbocycles. The number of pyridine rings is 1. The number of carbonyl (C=O) groups excluding carboxylic acids is 1. The molecule has 0 spiro atoms. The fraction of sp³-hybridized carbons (Fsp3) is 0.208. The summed E-state index contributed by atoms with van der Waals surface area (Å²) in [4.78, 5) is 23.5. The monoisotopic (exact) mass is 385 g/mol. The van der Waals surface area contributed by atoms with Gasteiger partial charge < -0.3 is 4.90 Å². The molecule has 29 heavy (non-hydrogen) atoms. The van der Waals surface area contributed by atoms with Crippen LogP contribution in [0.4, 0.5) is 4.39 Å². The van der Waals surface area contributed by atoms with E-state index in [4.69, 9.17) is 4.99 Å². The van der Waals surface area contributed by atoms with Crippen molar-refractivity contribution in [2.24, 2.45) is 4.99 Å². The molecule has 0 N–H and O–H groups in total. The largest absolute Gasteiger partial charge is 0.334 e. The molecule has 2 aliphatic heterocycles. The number of aryl methyl sites for hydroxylation is 1. The van der Waals surface area contributed by atoms with Gasteiger partial charge in [-0.1, -0.05) is 18.2 Å². The lowest BCUT2D eigenvalue weighted by Crippen LogP contribution is -2.35. The van der Waals surface area contributed by atoms with Gasteiger partial charge in [0.15, 0.2) is 0 Å². The Balaban J connectivity index is 1.45. The summed E-state index contributed by atoms with van der Waals surface area (Å²) in [6, 6.07) is 14.7. The molecule has 0 fully saturated rings. The third kappa shape index (κ3) is 3.33. The number of halogens is 1. The zero-order chi connectivity index (χ0) is 20.0. The Hall–Kier alpha value is -3.34. The van der Waals surface area contributed by atoms with Crippen molar-refractivity contribution in [2.75, 3.05) is 0 Å². The Morgan fingerprint density at radius 1 is 1.03 bits per heavy atom. The van der Waals surface area contributed by atoms with Crippen LogP contribution in [0.2, 0.25) is 0 Å². The second-order valence-electron chi connectivity index (χ2n) is 7.68. The van der Waals surface area contributed by atoms with E-state index in [9.17, 15) is 9.18 Å². The maximum atomic E-state index is 13.2. The fourth-order valence-electron chi connectivity index (χ4n) is 4.12. The highest BCUT2D eigenvalue weighted by Gasteiger charge is 2.27. The van der Waals surface area contributed by atoms with E-state index < -0.39 is 0 Å². The number of amides is 1. The van der Waals surface area contributed by atoms with Crippen molar-refractivity contribution in [1.82, 2.24) is 9.88 Å². The van der Waals surface area contributed by atoms with E-state index >= 15 is 0 Å². The average Bonchev–Trinajstić information content (AvgIpc) is 3.11. The van der Waals surface area contributed by atoms with E-state index in [0.717, 1.165) is 39.2 Å². The Kier molecular flexibility index (Phi) is 4.23. The molecule has 144 valence electrons. The van der Waals surface area contributed by atoms with E-state index in [1.54, 1.807) is 12.1 Å². The number of hydrogen-bond acceptors (Lipinski definition) is 3. The highest BCUT2D eigenvalue weighted by atomic mass is 19.1. The zero-order valence-electron chi connectivity index (χ0n) is 16.2. The smallest absolute Gasteiger partial charge is 0.227 e. The molecule has 1 amide bonds. The highest BCUT2D eigenvalue weighted by Crippen LogP contribution is 2.30. The number of aromatic nitrogens is 1. The molecule has 5 rings (SSSR count). The summed E-state index contributed by atoms with van der Waals surface area (Å²) >= 11 is 0. The Labute approximate surface area is 168 Å². The van der Waals surface area contributed by atoms with E-state index in [1.807, 2.05) is 24.1 Å². The van der Waals surface area contributed by atoms with Crippen LogP contribution in [-0.2, 0) is 30.8 Å². The number of fused-ring (bicyclic) bond motifs is 2. The molecule has 0 saturated heterocycles. The quantitative estimate of drug-likeness (QED) is 0.685. The lowest BCUT2D eigenvalue weighted by atomic mass is 9.91. The number of carbonyl (C=O) groups is 1. The van der Waals surface area contributed by atoms with Crippen molar-refractivity contribution in [3.8, 4) is 0 Å². The van der Waals surface area contributed by atoms with Crippen molar-refractivity contribution in [3.63, 3.8) is 0 Å². The molecular weight excluding hydrogens is 365 g/mol. The number of nitrogens with zero attached hydrogens (tertiary/aromatic N) is 3. The standard InChI is InChI=1S/C24H20FN3O/c1-15-8-17(6-7-26-15)24-22-10-20-14-28(13-16-2-4-21(25)5-3-16)23(29)11-18(20)9-19(22)12-27-24/h2-10H,11-14H2,1H3. The van der Waals surface area contributed by atoms with Crippen LogP contribution >= 0.6 is 0 Å². The van der Waals surface area contributed by atoms with Gasteiger partial charge in [-0.3, -0.25) is 14.8 Å². The first-order valence-corrected chi connectivity index (χ1v) is 9.71. The third-order valence-electron chi connectivity index (χ3n) is 5.60. The molecule has 1 aromatic heterocycles. The molecule has 0 saturated carbocycles. The van der Waals surface area contributed by atoms with Crippen molar-refractivity contribution in [1.29, 1.82) is 0 Å². The van der Waals surface area contributed by atoms with E-state index in [0.29, 0.717) is 26.1 Å². The summed E-state index contributed by atoms with van der Waals surface area (Å²) in [5.74, 6) is -0.163. The third-order valence-corrected chi connectivity index (χ3v) is 5.60. The van der Waals surface area contributed by atoms with Crippen molar-refractivity contribution >= 4 is 11.6 Å². The van der Waals surface area contributed by atoms with Gasteiger partial charge in [0.1, 0.15) is 5.82 Å². The van der Waals surface area contributed by atoms with Crippen LogP contribution in [-0.4, -0.2) is 21.5 Å². The Morgan fingerprint density at radius 2 is 1.86 bits per heavy atom. The molecular formula is C24H20FN3O. The molecule has 2 aromatic carbocycles. The first kappa shape index (κ1) is 17.7. The van der Waals surface area contributed by atoms with Crippen molar-refractivity contribution in [3.05, 3.63) is 99.6 Å². The fourth-order valence-corrected chi connectivity index (χ4v) is 4.12. The average molecular weight is 385 g/mol. The lowest BCUT2D eigenvalue weighted by molar-refractivity contribution is -0.132. The van der Waals surface area contributed by atoms with Crippen LogP contribution in [0.25, 0.3) is 0 Å². The second kappa shape index (κ2) is 6.92. The van der Waals surface area contributed by atoms with E-state index in [-0.39, 0.29) is 11.7 Å². The second-order valence-corrected chi connectivity index (χ2v) is 7.68. The van der Waals surface area contributed by atoms with Gasteiger partial charge in [-0.05, 0) is 59.5 Å². The van der Waals surface area contributed by atoms with Gasteiger partial charge in [0, 0.05) is 36.1 Å². The molecule has 0 radical (unpaired) electrons. The van der Waals surface area contributed by atoms with E-state index in [2.05, 4.69) is 23.2 Å². The number of aliphatic imine (C=N–C) groups is 1. The topological polar surface area (TPSA) is 45.6 Å². The van der Waals surface area contributed by atoms with Gasteiger partial charge in [0.05, 0.1) is 18.7 Å². The Bertz CT molecular complexity index is 1150. The summed E-state index contributed by atoms with van der Waals surface area (Å²) in [5, 5.41) is 0. The van der Waals surface area contributed by atoms with Gasteiger partial charge in [-0.25, -0.2) is 4.39 Å². The molecule has 3 heterocycles. The number of hydrogen-bond donors (Lipinski definition) is 0. The summed E-state index contributed by atoms with van der Waals surface area (Å²) in [6.07, 6.45) is 2.21. The minimum absolute atomic E-state index is 0.102. The van der Waals surface area contributed by atoms with E-state index in [1.165, 1.54) is 17.7 Å². The molecule has 3 aromatic rings. The van der Waals surface area contributed by atoms with Crippen LogP contribution in [0.1, 0.15) is 39.1 Å². The van der Waals surface area contributed by atoms with Crippen LogP contribution < -0.4 is 0 Å². The van der Waals surface area contributed by atoms with Crippen LogP contribution in [0.15, 0.2) is 59.7 Å². The highest BCUT2D eigenvalue weighted by molar-refractivity contribution is 6.15. The van der Waals surface area contributed by atoms with Crippen molar-refractivity contribution < 1.29 is 9.18 Å². The van der Waals surface area contributed by atoms with Crippen molar-refractivity contribution in [2.45, 2.75) is 33.0 Å². The SMILES string of the molecule is Cc1cc(C2=NCc3cc4c(cc32)CN(Cc2ccc(F)cc2)C(=O)C4)ccn1. The normalized spacial score (nSPS) is 15.2. The first-order chi connectivity index (χ1) is 14.1. The molecule has 2 aliphatic rings. The predicted octanol–water partition coefficient (Wildman–Crippen LogP) is 3.97. The number of benzene rings is 2. The summed E-state index contributed by atoms with van der Waals surface area (Å²) in [5.41, 5.74) is 8.53. The van der Waals surface area contributed by atoms with Gasteiger partial charge in [0.25, 0.3) is 0 Å². The van der Waals surface area contributed by atoms with Crippen LogP contribution in [0.5, 0.6) is 0 Å². The molecule has 0 bridgehead atoms.